The van der Waals surface area contributed by atoms with Gasteiger partial charge in [0.2, 0.25) is 0 Å². The van der Waals surface area contributed by atoms with E-state index in [1.807, 2.05) is 13.0 Å². The summed E-state index contributed by atoms with van der Waals surface area (Å²) < 4.78 is 0. The number of benzene rings is 2. The summed E-state index contributed by atoms with van der Waals surface area (Å²) in [5, 5.41) is 3.97. The number of nitrogens with zero attached hydrogens (tertiary/aromatic N) is 2. The van der Waals surface area contributed by atoms with E-state index in [2.05, 4.69) is 112 Å². The Labute approximate surface area is 229 Å². The maximum absolute atomic E-state index is 6.61. The van der Waals surface area contributed by atoms with Gasteiger partial charge in [-0.1, -0.05) is 91.5 Å². The van der Waals surface area contributed by atoms with Crippen molar-refractivity contribution in [2.45, 2.75) is 51.0 Å². The summed E-state index contributed by atoms with van der Waals surface area (Å²) in [5.41, 5.74) is 17.0. The van der Waals surface area contributed by atoms with Gasteiger partial charge >= 0.3 is 0 Å². The zero-order valence-electron chi connectivity index (χ0n) is 21.4. The van der Waals surface area contributed by atoms with Gasteiger partial charge in [-0.3, -0.25) is 9.80 Å². The van der Waals surface area contributed by atoms with Crippen LogP contribution >= 0.6 is 24.2 Å². The highest BCUT2D eigenvalue weighted by Crippen LogP contribution is 2.30. The molecular formula is C29H43Cl2N5. The molecule has 0 bridgehead atoms. The second-order valence-electron chi connectivity index (χ2n) is 8.80. The zero-order valence-corrected chi connectivity index (χ0v) is 23.0. The van der Waals surface area contributed by atoms with Crippen molar-refractivity contribution in [3.8, 4) is 0 Å². The predicted octanol–water partition coefficient (Wildman–Crippen LogP) is 5.54. The summed E-state index contributed by atoms with van der Waals surface area (Å²) in [6.07, 6.45) is 12.4. The van der Waals surface area contributed by atoms with Crippen molar-refractivity contribution < 1.29 is 0 Å². The zero-order chi connectivity index (χ0) is 25.5. The molecule has 3 unspecified atom stereocenters. The van der Waals surface area contributed by atoms with Crippen molar-refractivity contribution in [3.05, 3.63) is 108 Å². The Kier molecular flexibility index (Phi) is 16.3. The third kappa shape index (κ3) is 9.83. The molecule has 3 atom stereocenters. The standard InChI is InChI=1S/C29H40N4.ClH2N.ClH/c1-3-5-17-25(4-2)27(26-18-10-7-11-19-26)20-13-21-32-23-28(30)33(29(32)31)22-12-16-24-14-8-6-9-15-24;1-2;/h3-11,14-15,17-19,27-29H,2,12-13,16,20-23,30-31H2,1H3;2H2;1H/b5-3-,25-17+;;. The summed E-state index contributed by atoms with van der Waals surface area (Å²) >= 11 is 4.14. The highest BCUT2D eigenvalue weighted by atomic mass is 35.5. The van der Waals surface area contributed by atoms with E-state index >= 15 is 0 Å². The van der Waals surface area contributed by atoms with Crippen LogP contribution in [0, 0.1) is 0 Å². The fourth-order valence-corrected chi connectivity index (χ4v) is 4.73. The van der Waals surface area contributed by atoms with Crippen molar-refractivity contribution in [1.29, 1.82) is 0 Å². The van der Waals surface area contributed by atoms with Gasteiger partial charge < -0.3 is 11.5 Å². The molecule has 1 heterocycles. The molecule has 3 rings (SSSR count). The van der Waals surface area contributed by atoms with Gasteiger partial charge in [0.1, 0.15) is 6.29 Å². The van der Waals surface area contributed by atoms with E-state index in [0.29, 0.717) is 5.92 Å². The Balaban J connectivity index is 0.00000211. The maximum atomic E-state index is 6.61. The van der Waals surface area contributed by atoms with Crippen molar-refractivity contribution in [3.63, 3.8) is 0 Å². The minimum atomic E-state index is -0.108. The Bertz CT molecular complexity index is 904. The summed E-state index contributed by atoms with van der Waals surface area (Å²) in [5.74, 6) is 0.328. The van der Waals surface area contributed by atoms with Crippen LogP contribution in [0.15, 0.2) is 97.1 Å². The van der Waals surface area contributed by atoms with Gasteiger partial charge in [-0.05, 0) is 61.1 Å². The molecule has 2 aromatic carbocycles. The van der Waals surface area contributed by atoms with Crippen molar-refractivity contribution in [2.75, 3.05) is 19.6 Å². The smallest absolute Gasteiger partial charge is 0.115 e. The summed E-state index contributed by atoms with van der Waals surface area (Å²) in [7, 11) is 0. The number of halogens is 2. The molecule has 0 aliphatic carbocycles. The molecule has 7 heteroatoms. The molecule has 1 aliphatic rings. The van der Waals surface area contributed by atoms with Gasteiger partial charge in [0.05, 0.1) is 6.17 Å². The van der Waals surface area contributed by atoms with Gasteiger partial charge in [-0.2, -0.15) is 0 Å². The predicted molar refractivity (Wildman–Crippen MR) is 158 cm³/mol. The van der Waals surface area contributed by atoms with E-state index in [9.17, 15) is 0 Å². The highest BCUT2D eigenvalue weighted by molar-refractivity contribution is 6.11. The van der Waals surface area contributed by atoms with E-state index in [-0.39, 0.29) is 24.9 Å². The molecule has 198 valence electrons. The monoisotopic (exact) mass is 531 g/mol. The van der Waals surface area contributed by atoms with Crippen molar-refractivity contribution >= 4 is 24.2 Å². The van der Waals surface area contributed by atoms with Gasteiger partial charge in [-0.15, -0.1) is 12.4 Å². The minimum absolute atomic E-state index is 0. The van der Waals surface area contributed by atoms with Crippen LogP contribution in [-0.2, 0) is 6.42 Å². The average molecular weight is 533 g/mol. The van der Waals surface area contributed by atoms with E-state index < -0.39 is 0 Å². The van der Waals surface area contributed by atoms with Crippen molar-refractivity contribution in [1.82, 2.24) is 9.80 Å². The van der Waals surface area contributed by atoms with Crippen LogP contribution in [0.1, 0.15) is 43.2 Å². The molecule has 0 amide bonds. The first-order valence-electron chi connectivity index (χ1n) is 12.4. The third-order valence-corrected chi connectivity index (χ3v) is 6.55. The largest absolute Gasteiger partial charge is 0.315 e. The first-order valence-corrected chi connectivity index (χ1v) is 12.8. The quantitative estimate of drug-likeness (QED) is 0.247. The molecule has 1 saturated heterocycles. The van der Waals surface area contributed by atoms with Gasteiger partial charge in [-0.25, -0.2) is 5.25 Å². The Morgan fingerprint density at radius 1 is 1.03 bits per heavy atom. The number of hydrogen-bond donors (Lipinski definition) is 3. The number of allylic oxidation sites excluding steroid dienone is 5. The van der Waals surface area contributed by atoms with E-state index in [1.54, 1.807) is 0 Å². The summed E-state index contributed by atoms with van der Waals surface area (Å²) in [6.45, 7) is 8.81. The lowest BCUT2D eigenvalue weighted by atomic mass is 9.86. The molecule has 5 nitrogen and oxygen atoms in total. The fraction of sp³-hybridized carbons (Fsp3) is 0.379. The van der Waals surface area contributed by atoms with Gasteiger partial charge in [0.15, 0.2) is 0 Å². The van der Waals surface area contributed by atoms with Crippen LogP contribution in [0.5, 0.6) is 0 Å². The number of rotatable bonds is 12. The maximum Gasteiger partial charge on any atom is 0.115 e. The summed E-state index contributed by atoms with van der Waals surface area (Å²) in [4.78, 5) is 4.58. The molecule has 1 fully saturated rings. The molecule has 36 heavy (non-hydrogen) atoms. The SMILES string of the molecule is C=C/C(=C\C=C/C)C(CCCN1CC(N)N(CCCc2ccccc2)C1N)c1ccccc1.Cl.NCl. The molecule has 2 aromatic rings. The van der Waals surface area contributed by atoms with E-state index in [1.165, 1.54) is 16.7 Å². The molecule has 0 aromatic heterocycles. The second-order valence-corrected chi connectivity index (χ2v) is 8.80. The minimum Gasteiger partial charge on any atom is -0.315 e. The Hall–Kier alpha value is -1.96. The molecule has 6 N–H and O–H groups in total. The second kappa shape index (κ2) is 18.3. The lowest BCUT2D eigenvalue weighted by Gasteiger charge is -2.28. The van der Waals surface area contributed by atoms with Crippen LogP contribution in [0.2, 0.25) is 0 Å². The van der Waals surface area contributed by atoms with Crippen LogP contribution in [0.3, 0.4) is 0 Å². The van der Waals surface area contributed by atoms with Crippen LogP contribution in [0.25, 0.3) is 0 Å². The normalized spacial score (nSPS) is 19.4. The molecule has 1 aliphatic heterocycles. The fourth-order valence-electron chi connectivity index (χ4n) is 4.73. The van der Waals surface area contributed by atoms with Gasteiger partial charge in [0.25, 0.3) is 0 Å². The number of nitrogens with two attached hydrogens (primary N) is 3. The van der Waals surface area contributed by atoms with Crippen LogP contribution in [0.4, 0.5) is 0 Å². The van der Waals surface area contributed by atoms with Gasteiger partial charge in [0, 0.05) is 25.6 Å². The number of aryl methyl sites for hydroxylation is 1. The molecule has 0 radical (unpaired) electrons. The average Bonchev–Trinajstić information content (AvgIpc) is 3.17. The Morgan fingerprint density at radius 3 is 2.28 bits per heavy atom. The number of hydrogen-bond acceptors (Lipinski definition) is 5. The van der Waals surface area contributed by atoms with Crippen LogP contribution in [-0.4, -0.2) is 41.9 Å². The molecule has 0 spiro atoms. The third-order valence-electron chi connectivity index (χ3n) is 6.55. The highest BCUT2D eigenvalue weighted by Gasteiger charge is 2.34. The summed E-state index contributed by atoms with van der Waals surface area (Å²) in [6, 6.07) is 21.3. The molecular weight excluding hydrogens is 489 g/mol. The first-order chi connectivity index (χ1) is 17.1. The molecule has 0 saturated carbocycles. The lowest BCUT2D eigenvalue weighted by Crippen LogP contribution is -2.49. The van der Waals surface area contributed by atoms with E-state index in [0.717, 1.165) is 45.3 Å². The van der Waals surface area contributed by atoms with Crippen LogP contribution < -0.4 is 16.7 Å². The van der Waals surface area contributed by atoms with E-state index in [4.69, 9.17) is 11.5 Å². The first kappa shape index (κ1) is 32.1. The topological polar surface area (TPSA) is 84.5 Å². The Morgan fingerprint density at radius 2 is 1.67 bits per heavy atom. The lowest BCUT2D eigenvalue weighted by molar-refractivity contribution is 0.124. The van der Waals surface area contributed by atoms with Crippen molar-refractivity contribution in [2.24, 2.45) is 16.7 Å².